The highest BCUT2D eigenvalue weighted by Crippen LogP contribution is 2.43. The Labute approximate surface area is 203 Å². The summed E-state index contributed by atoms with van der Waals surface area (Å²) in [6, 6.07) is 15.7. The molecule has 3 N–H and O–H groups in total. The van der Waals surface area contributed by atoms with E-state index in [1.165, 1.54) is 19.1 Å². The smallest absolute Gasteiger partial charge is 0.355 e. The lowest BCUT2D eigenvalue weighted by Crippen LogP contribution is -2.41. The minimum Gasteiger partial charge on any atom is -0.466 e. The van der Waals surface area contributed by atoms with Crippen molar-refractivity contribution in [2.75, 3.05) is 25.7 Å². The minimum absolute atomic E-state index is 0.0386. The summed E-state index contributed by atoms with van der Waals surface area (Å²) < 4.78 is 10.1. The third kappa shape index (κ3) is 4.59. The maximum atomic E-state index is 13.1. The summed E-state index contributed by atoms with van der Waals surface area (Å²) in [6.07, 6.45) is 0. The largest absolute Gasteiger partial charge is 0.466 e. The SMILES string of the molecule is CCNC(=O)c1ccc(N2C(N)=C(C#N)C(c3ccccc3)C(C(=O)OC)=C2C(=O)OC)c(C)c1. The van der Waals surface area contributed by atoms with E-state index in [2.05, 4.69) is 11.4 Å². The molecule has 2 aromatic rings. The molecular weight excluding hydrogens is 448 g/mol. The van der Waals surface area contributed by atoms with Crippen LogP contribution in [0.1, 0.15) is 34.3 Å². The van der Waals surface area contributed by atoms with Gasteiger partial charge in [0.25, 0.3) is 5.91 Å². The fraction of sp³-hybridized carbons (Fsp3) is 0.231. The first-order chi connectivity index (χ1) is 16.8. The Morgan fingerprint density at radius 1 is 1.09 bits per heavy atom. The van der Waals surface area contributed by atoms with Gasteiger partial charge in [0.15, 0.2) is 0 Å². The second-order valence-corrected chi connectivity index (χ2v) is 7.70. The number of amides is 1. The van der Waals surface area contributed by atoms with E-state index in [1.807, 2.05) is 6.92 Å². The fourth-order valence-electron chi connectivity index (χ4n) is 4.07. The summed E-state index contributed by atoms with van der Waals surface area (Å²) >= 11 is 0. The second kappa shape index (κ2) is 10.6. The van der Waals surface area contributed by atoms with E-state index in [4.69, 9.17) is 15.2 Å². The molecule has 1 aliphatic heterocycles. The van der Waals surface area contributed by atoms with Crippen LogP contribution in [0.2, 0.25) is 0 Å². The Hall–Kier alpha value is -4.58. The number of nitriles is 1. The van der Waals surface area contributed by atoms with E-state index >= 15 is 0 Å². The number of rotatable bonds is 6. The summed E-state index contributed by atoms with van der Waals surface area (Å²) in [5.41, 5.74) is 8.29. The molecule has 1 unspecified atom stereocenters. The van der Waals surface area contributed by atoms with E-state index in [0.717, 1.165) is 0 Å². The summed E-state index contributed by atoms with van der Waals surface area (Å²) in [7, 11) is 2.38. The molecule has 9 heteroatoms. The average Bonchev–Trinajstić information content (AvgIpc) is 2.87. The van der Waals surface area contributed by atoms with Crippen LogP contribution in [0.4, 0.5) is 5.69 Å². The van der Waals surface area contributed by atoms with Gasteiger partial charge in [-0.3, -0.25) is 9.69 Å². The van der Waals surface area contributed by atoms with Crippen molar-refractivity contribution < 1.29 is 23.9 Å². The second-order valence-electron chi connectivity index (χ2n) is 7.70. The zero-order chi connectivity index (χ0) is 25.7. The number of nitrogens with one attached hydrogen (secondary N) is 1. The van der Waals surface area contributed by atoms with Crippen molar-refractivity contribution in [2.24, 2.45) is 5.73 Å². The highest BCUT2D eigenvalue weighted by atomic mass is 16.5. The number of carbonyl (C=O) groups is 3. The van der Waals surface area contributed by atoms with Crippen LogP contribution in [0.5, 0.6) is 0 Å². The number of hydrogen-bond donors (Lipinski definition) is 2. The van der Waals surface area contributed by atoms with Gasteiger partial charge in [0, 0.05) is 12.1 Å². The molecule has 0 saturated heterocycles. The molecule has 0 saturated carbocycles. The number of benzene rings is 2. The van der Waals surface area contributed by atoms with Crippen LogP contribution < -0.4 is 16.0 Å². The van der Waals surface area contributed by atoms with Crippen LogP contribution in [0.25, 0.3) is 0 Å². The van der Waals surface area contributed by atoms with Crippen LogP contribution in [-0.2, 0) is 19.1 Å². The highest BCUT2D eigenvalue weighted by Gasteiger charge is 2.43. The average molecular weight is 475 g/mol. The quantitative estimate of drug-likeness (QED) is 0.610. The molecule has 1 aliphatic rings. The molecule has 0 radical (unpaired) electrons. The molecule has 0 aromatic heterocycles. The number of methoxy groups -OCH3 is 2. The van der Waals surface area contributed by atoms with Crippen molar-refractivity contribution in [3.8, 4) is 6.07 Å². The number of nitrogens with zero attached hydrogens (tertiary/aromatic N) is 2. The number of anilines is 1. The molecule has 1 atom stereocenters. The number of aryl methyl sites for hydroxylation is 1. The highest BCUT2D eigenvalue weighted by molar-refractivity contribution is 6.06. The van der Waals surface area contributed by atoms with E-state index < -0.39 is 17.9 Å². The van der Waals surface area contributed by atoms with Crippen molar-refractivity contribution in [3.05, 3.63) is 87.9 Å². The van der Waals surface area contributed by atoms with Gasteiger partial charge in [-0.2, -0.15) is 5.26 Å². The molecular formula is C26H26N4O5. The van der Waals surface area contributed by atoms with Gasteiger partial charge in [0.2, 0.25) is 0 Å². The van der Waals surface area contributed by atoms with E-state index in [9.17, 15) is 19.6 Å². The van der Waals surface area contributed by atoms with Gasteiger partial charge in [-0.05, 0) is 43.2 Å². The molecule has 0 aliphatic carbocycles. The predicted octanol–water partition coefficient (Wildman–Crippen LogP) is 2.64. The molecule has 180 valence electrons. The molecule has 9 nitrogen and oxygen atoms in total. The maximum Gasteiger partial charge on any atom is 0.355 e. The van der Waals surface area contributed by atoms with E-state index in [-0.39, 0.29) is 28.6 Å². The van der Waals surface area contributed by atoms with Gasteiger partial charge in [0.05, 0.1) is 43.0 Å². The Kier molecular flexibility index (Phi) is 7.56. The zero-order valence-electron chi connectivity index (χ0n) is 19.9. The summed E-state index contributed by atoms with van der Waals surface area (Å²) in [6.45, 7) is 4.01. The molecule has 0 fully saturated rings. The Balaban J connectivity index is 2.35. The van der Waals surface area contributed by atoms with E-state index in [1.54, 1.807) is 55.5 Å². The lowest BCUT2D eigenvalue weighted by atomic mass is 9.80. The Bertz CT molecular complexity index is 1270. The molecule has 1 heterocycles. The van der Waals surface area contributed by atoms with Crippen LogP contribution in [0.15, 0.2) is 71.2 Å². The predicted molar refractivity (Wildman–Crippen MR) is 129 cm³/mol. The topological polar surface area (TPSA) is 135 Å². The third-order valence-corrected chi connectivity index (χ3v) is 5.65. The number of esters is 2. The number of nitrogens with two attached hydrogens (primary N) is 1. The van der Waals surface area contributed by atoms with Crippen LogP contribution >= 0.6 is 0 Å². The normalized spacial score (nSPS) is 15.4. The Morgan fingerprint density at radius 3 is 2.29 bits per heavy atom. The number of hydrogen-bond acceptors (Lipinski definition) is 8. The van der Waals surface area contributed by atoms with Crippen molar-refractivity contribution in [1.82, 2.24) is 5.32 Å². The fourth-order valence-corrected chi connectivity index (χ4v) is 4.07. The van der Waals surface area contributed by atoms with E-state index in [0.29, 0.717) is 28.9 Å². The van der Waals surface area contributed by atoms with Gasteiger partial charge in [0.1, 0.15) is 11.5 Å². The molecule has 1 amide bonds. The van der Waals surface area contributed by atoms with Crippen LogP contribution in [0.3, 0.4) is 0 Å². The molecule has 0 spiro atoms. The lowest BCUT2D eigenvalue weighted by Gasteiger charge is -2.36. The number of carbonyl (C=O) groups excluding carboxylic acids is 3. The van der Waals surface area contributed by atoms with Gasteiger partial charge in [-0.25, -0.2) is 9.59 Å². The van der Waals surface area contributed by atoms with Gasteiger partial charge >= 0.3 is 11.9 Å². The first-order valence-electron chi connectivity index (χ1n) is 10.8. The van der Waals surface area contributed by atoms with Crippen molar-refractivity contribution in [2.45, 2.75) is 19.8 Å². The summed E-state index contributed by atoms with van der Waals surface area (Å²) in [4.78, 5) is 39.8. The summed E-state index contributed by atoms with van der Waals surface area (Å²) in [5, 5.41) is 12.8. The minimum atomic E-state index is -0.950. The van der Waals surface area contributed by atoms with Crippen molar-refractivity contribution in [1.29, 1.82) is 5.26 Å². The first-order valence-corrected chi connectivity index (χ1v) is 10.8. The van der Waals surface area contributed by atoms with Crippen LogP contribution in [-0.4, -0.2) is 38.6 Å². The van der Waals surface area contributed by atoms with Crippen LogP contribution in [0, 0.1) is 18.3 Å². The third-order valence-electron chi connectivity index (χ3n) is 5.65. The zero-order valence-corrected chi connectivity index (χ0v) is 19.9. The monoisotopic (exact) mass is 474 g/mol. The van der Waals surface area contributed by atoms with Gasteiger partial charge in [-0.15, -0.1) is 0 Å². The Morgan fingerprint density at radius 2 is 1.74 bits per heavy atom. The maximum absolute atomic E-state index is 13.1. The van der Waals surface area contributed by atoms with Gasteiger partial charge in [-0.1, -0.05) is 30.3 Å². The van der Waals surface area contributed by atoms with Crippen molar-refractivity contribution in [3.63, 3.8) is 0 Å². The molecule has 0 bridgehead atoms. The number of ether oxygens (including phenoxy) is 2. The van der Waals surface area contributed by atoms with Crippen molar-refractivity contribution >= 4 is 23.5 Å². The molecule has 2 aromatic carbocycles. The lowest BCUT2D eigenvalue weighted by molar-refractivity contribution is -0.139. The summed E-state index contributed by atoms with van der Waals surface area (Å²) in [5.74, 6) is -2.89. The molecule has 35 heavy (non-hydrogen) atoms. The number of allylic oxidation sites excluding steroid dienone is 1. The standard InChI is InChI=1S/C26H26N4O5/c1-5-29-24(31)17-11-12-19(15(2)13-17)30-22(26(33)35-4)21(25(32)34-3)20(18(14-27)23(30)28)16-9-7-6-8-10-16/h6-13,20H,5,28H2,1-4H3,(H,29,31). The first kappa shape index (κ1) is 25.1. The van der Waals surface area contributed by atoms with Gasteiger partial charge < -0.3 is 20.5 Å². The molecule has 3 rings (SSSR count).